The molecular formula is C23H44O6S14. The molecule has 0 aliphatic carbocycles. The zero-order valence-electron chi connectivity index (χ0n) is 24.1. The molecule has 0 saturated carbocycles. The normalized spacial score (nSPS) is 12.9. The highest BCUT2D eigenvalue weighted by atomic mass is 32.3. The monoisotopic (exact) mass is 864 g/mol. The zero-order valence-corrected chi connectivity index (χ0v) is 35.5. The standard InChI is InChI=1S/C23H44O6S14/c24-1-3-30-5-6-40-22(26)13-34-17-37-16-33-9-12-43(29)21-39-19-38-20-41-23(27)14-35-18-36-15-32-8-11-42(28)10-7-31-4-2-25/h24-25H,1-21H2. The third-order valence-electron chi connectivity index (χ3n) is 4.12. The fraction of sp³-hybridized carbons (Fsp3) is 0.913. The van der Waals surface area contributed by atoms with Crippen molar-refractivity contribution in [2.45, 2.75) is 0 Å². The summed E-state index contributed by atoms with van der Waals surface area (Å²) < 4.78 is 24.0. The van der Waals surface area contributed by atoms with Crippen LogP contribution in [0.25, 0.3) is 0 Å². The molecule has 2 unspecified atom stereocenters. The Morgan fingerprint density at radius 3 is 1.51 bits per heavy atom. The first-order valence-corrected chi connectivity index (χ1v) is 29.5. The van der Waals surface area contributed by atoms with E-state index in [0.29, 0.717) is 33.8 Å². The van der Waals surface area contributed by atoms with Crippen molar-refractivity contribution in [2.24, 2.45) is 0 Å². The fourth-order valence-corrected chi connectivity index (χ4v) is 18.9. The molecule has 43 heavy (non-hydrogen) atoms. The summed E-state index contributed by atoms with van der Waals surface area (Å²) in [6, 6.07) is 0. The Balaban J connectivity index is 3.37. The lowest BCUT2D eigenvalue weighted by Crippen LogP contribution is -2.07. The van der Waals surface area contributed by atoms with Gasteiger partial charge in [-0.2, -0.15) is 47.0 Å². The smallest absolute Gasteiger partial charge is 0.199 e. The highest BCUT2D eigenvalue weighted by molar-refractivity contribution is 8.29. The molecule has 0 aliphatic heterocycles. The van der Waals surface area contributed by atoms with E-state index in [0.717, 1.165) is 70.8 Å². The number of aliphatic hydroxyl groups excluding tert-OH is 2. The van der Waals surface area contributed by atoms with Gasteiger partial charge in [-0.25, -0.2) is 0 Å². The Kier molecular flexibility index (Phi) is 41.9. The minimum Gasteiger partial charge on any atom is -0.396 e. The van der Waals surface area contributed by atoms with Crippen molar-refractivity contribution in [2.75, 3.05) is 118 Å². The summed E-state index contributed by atoms with van der Waals surface area (Å²) in [6.07, 6.45) is 0. The van der Waals surface area contributed by atoms with Crippen molar-refractivity contribution < 1.29 is 28.2 Å². The van der Waals surface area contributed by atoms with Gasteiger partial charge >= 0.3 is 0 Å². The Morgan fingerprint density at radius 1 is 0.442 bits per heavy atom. The number of hydrogen-bond donors (Lipinski definition) is 2. The van der Waals surface area contributed by atoms with Crippen LogP contribution in [0.15, 0.2) is 0 Å². The summed E-state index contributed by atoms with van der Waals surface area (Å²) >= 11 is 19.9. The summed E-state index contributed by atoms with van der Waals surface area (Å²) in [7, 11) is -1.59. The third-order valence-corrected chi connectivity index (χ3v) is 22.2. The van der Waals surface area contributed by atoms with Gasteiger partial charge in [0.15, 0.2) is 10.2 Å². The summed E-state index contributed by atoms with van der Waals surface area (Å²) in [6.45, 7) is 0.369. The lowest BCUT2D eigenvalue weighted by atomic mass is 10.9. The quantitative estimate of drug-likeness (QED) is 0.0581. The number of hydrogen-bond acceptors (Lipinski definition) is 18. The number of thioether (sulfide) groups is 12. The van der Waals surface area contributed by atoms with E-state index in [4.69, 9.17) is 10.2 Å². The van der Waals surface area contributed by atoms with E-state index in [1.54, 1.807) is 118 Å². The molecular weight excluding hydrogens is 821 g/mol. The Morgan fingerprint density at radius 2 is 0.907 bits per heavy atom. The summed E-state index contributed by atoms with van der Waals surface area (Å²) in [5, 5.41) is 23.8. The molecule has 0 rings (SSSR count). The summed E-state index contributed by atoms with van der Waals surface area (Å²) in [4.78, 5) is 23.8. The molecule has 0 heterocycles. The van der Waals surface area contributed by atoms with Crippen LogP contribution in [0.5, 0.6) is 0 Å². The van der Waals surface area contributed by atoms with Crippen LogP contribution < -0.4 is 0 Å². The van der Waals surface area contributed by atoms with Gasteiger partial charge in [0.25, 0.3) is 0 Å². The topological polar surface area (TPSA) is 109 Å². The molecule has 0 amide bonds. The second-order valence-corrected chi connectivity index (χ2v) is 26.1. The fourth-order valence-electron chi connectivity index (χ4n) is 2.25. The maximum absolute atomic E-state index is 12.2. The van der Waals surface area contributed by atoms with Crippen LogP contribution in [-0.4, -0.2) is 147 Å². The Hall–Kier alpha value is 3.76. The SMILES string of the molecule is O=C(CSCSCSCCS(=O)CSCSCSC(=O)CSCSCSCCS(=O)CCSCCO)SCCSCCO. The van der Waals surface area contributed by atoms with E-state index in [9.17, 15) is 18.0 Å². The predicted octanol–water partition coefficient (Wildman–Crippen LogP) is 6.02. The minimum atomic E-state index is -0.822. The van der Waals surface area contributed by atoms with Crippen molar-refractivity contribution in [3.05, 3.63) is 0 Å². The van der Waals surface area contributed by atoms with E-state index in [1.807, 2.05) is 0 Å². The molecule has 0 aliphatic rings. The van der Waals surface area contributed by atoms with Gasteiger partial charge in [-0.1, -0.05) is 23.5 Å². The van der Waals surface area contributed by atoms with Gasteiger partial charge in [-0.3, -0.25) is 18.0 Å². The Labute approximate surface area is 315 Å². The molecule has 0 aromatic carbocycles. The molecule has 2 N–H and O–H groups in total. The van der Waals surface area contributed by atoms with E-state index in [-0.39, 0.29) is 23.4 Å². The number of carbonyl (C=O) groups excluding carboxylic acids is 2. The largest absolute Gasteiger partial charge is 0.396 e. The van der Waals surface area contributed by atoms with Gasteiger partial charge in [-0.15, -0.1) is 70.6 Å². The van der Waals surface area contributed by atoms with E-state index in [1.165, 1.54) is 23.5 Å². The lowest BCUT2D eigenvalue weighted by molar-refractivity contribution is -0.109. The number of rotatable bonds is 34. The maximum atomic E-state index is 12.2. The van der Waals surface area contributed by atoms with Gasteiger partial charge in [0.2, 0.25) is 0 Å². The highest BCUT2D eigenvalue weighted by Gasteiger charge is 2.06. The number of aliphatic hydroxyl groups is 2. The molecule has 2 atom stereocenters. The highest BCUT2D eigenvalue weighted by Crippen LogP contribution is 2.23. The van der Waals surface area contributed by atoms with Crippen molar-refractivity contribution in [1.82, 2.24) is 0 Å². The number of carbonyl (C=O) groups is 2. The van der Waals surface area contributed by atoms with Crippen LogP contribution in [-0.2, 0) is 31.2 Å². The first-order chi connectivity index (χ1) is 21.0. The molecule has 0 bridgehead atoms. The van der Waals surface area contributed by atoms with Crippen molar-refractivity contribution in [3.63, 3.8) is 0 Å². The van der Waals surface area contributed by atoms with Crippen molar-refractivity contribution >= 4 is 173 Å². The van der Waals surface area contributed by atoms with Crippen LogP contribution in [0, 0.1) is 0 Å². The average Bonchev–Trinajstić information content (AvgIpc) is 2.99. The predicted molar refractivity (Wildman–Crippen MR) is 224 cm³/mol. The first-order valence-electron chi connectivity index (χ1n) is 13.0. The summed E-state index contributed by atoms with van der Waals surface area (Å²) in [5.74, 6) is 8.94. The van der Waals surface area contributed by atoms with E-state index in [2.05, 4.69) is 0 Å². The molecule has 0 fully saturated rings. The van der Waals surface area contributed by atoms with Crippen LogP contribution in [0.2, 0.25) is 0 Å². The molecule has 0 spiro atoms. The van der Waals surface area contributed by atoms with E-state index >= 15 is 0 Å². The molecule has 0 aromatic rings. The molecule has 6 nitrogen and oxygen atoms in total. The van der Waals surface area contributed by atoms with Gasteiger partial charge in [0.05, 0.1) is 29.8 Å². The van der Waals surface area contributed by atoms with Crippen LogP contribution in [0.4, 0.5) is 0 Å². The van der Waals surface area contributed by atoms with E-state index < -0.39 is 21.6 Å². The van der Waals surface area contributed by atoms with Gasteiger partial charge in [0, 0.05) is 110 Å². The molecule has 256 valence electrons. The molecule has 0 aromatic heterocycles. The maximum Gasteiger partial charge on any atom is 0.199 e. The molecule has 0 radical (unpaired) electrons. The van der Waals surface area contributed by atoms with Gasteiger partial charge in [-0.05, 0) is 0 Å². The third kappa shape index (κ3) is 38.4. The second kappa shape index (κ2) is 38.6. The minimum absolute atomic E-state index is 0.179. The zero-order chi connectivity index (χ0) is 31.6. The summed E-state index contributed by atoms with van der Waals surface area (Å²) in [5.41, 5.74) is 0. The van der Waals surface area contributed by atoms with Gasteiger partial charge < -0.3 is 10.2 Å². The Bertz CT molecular complexity index is 709. The first kappa shape index (κ1) is 46.8. The van der Waals surface area contributed by atoms with Crippen LogP contribution >= 0.6 is 141 Å². The van der Waals surface area contributed by atoms with Crippen molar-refractivity contribution in [3.8, 4) is 0 Å². The van der Waals surface area contributed by atoms with Gasteiger partial charge in [0.1, 0.15) is 0 Å². The molecule has 0 saturated heterocycles. The van der Waals surface area contributed by atoms with Crippen molar-refractivity contribution in [1.29, 1.82) is 0 Å². The second-order valence-electron chi connectivity index (χ2n) is 7.56. The average molecular weight is 866 g/mol. The van der Waals surface area contributed by atoms with Crippen LogP contribution in [0.1, 0.15) is 0 Å². The lowest BCUT2D eigenvalue weighted by Gasteiger charge is -2.04. The molecule has 20 heteroatoms. The van der Waals surface area contributed by atoms with Crippen LogP contribution in [0.3, 0.4) is 0 Å².